The summed E-state index contributed by atoms with van der Waals surface area (Å²) in [7, 11) is 0. The van der Waals surface area contributed by atoms with E-state index in [1.54, 1.807) is 0 Å². The summed E-state index contributed by atoms with van der Waals surface area (Å²) >= 11 is 0. The standard InChI is InChI=1S/2C2H3F3O.Cu/c2*3-2(4,5)1-6;/h2*6H,1H2;. The van der Waals surface area contributed by atoms with Gasteiger partial charge >= 0.3 is 12.4 Å². The van der Waals surface area contributed by atoms with Gasteiger partial charge in [-0.1, -0.05) is 0 Å². The van der Waals surface area contributed by atoms with Crippen LogP contribution in [0.25, 0.3) is 0 Å². The molecule has 0 saturated heterocycles. The molecule has 2 N–H and O–H groups in total. The van der Waals surface area contributed by atoms with Gasteiger partial charge < -0.3 is 10.2 Å². The van der Waals surface area contributed by atoms with Crippen molar-refractivity contribution in [1.82, 2.24) is 0 Å². The average Bonchev–Trinajstić information content (AvgIpc) is 1.86. The zero-order chi connectivity index (χ0) is 10.4. The maximum absolute atomic E-state index is 10.5. The predicted molar refractivity (Wildman–Crippen MR) is 26.3 cm³/mol. The molecule has 0 aliphatic carbocycles. The molecule has 0 rings (SSSR count). The van der Waals surface area contributed by atoms with Crippen LogP contribution in [-0.2, 0) is 17.1 Å². The summed E-state index contributed by atoms with van der Waals surface area (Å²) in [5.74, 6) is 0. The summed E-state index contributed by atoms with van der Waals surface area (Å²) in [4.78, 5) is 0. The molecule has 0 aromatic heterocycles. The molecule has 0 heterocycles. The Labute approximate surface area is 80.0 Å². The minimum atomic E-state index is -4.40. The SMILES string of the molecule is OCC(F)(F)F.OCC(F)(F)F.[Cu]. The fourth-order valence-electron chi connectivity index (χ4n) is 0. The van der Waals surface area contributed by atoms with Gasteiger partial charge in [0.2, 0.25) is 0 Å². The van der Waals surface area contributed by atoms with Crippen LogP contribution in [0.1, 0.15) is 0 Å². The van der Waals surface area contributed by atoms with Crippen LogP contribution in [0, 0.1) is 0 Å². The van der Waals surface area contributed by atoms with Gasteiger partial charge in [0.1, 0.15) is 13.2 Å². The fourth-order valence-corrected chi connectivity index (χ4v) is 0. The second-order valence-electron chi connectivity index (χ2n) is 1.55. The van der Waals surface area contributed by atoms with Crippen molar-refractivity contribution in [1.29, 1.82) is 0 Å². The molecule has 13 heavy (non-hydrogen) atoms. The van der Waals surface area contributed by atoms with Crippen LogP contribution in [-0.4, -0.2) is 35.8 Å². The number of alkyl halides is 6. The summed E-state index contributed by atoms with van der Waals surface area (Å²) in [6.07, 6.45) is -8.81. The number of aliphatic hydroxyl groups is 2. The number of aliphatic hydroxyl groups excluding tert-OH is 2. The Morgan fingerprint density at radius 3 is 0.769 bits per heavy atom. The van der Waals surface area contributed by atoms with Crippen molar-refractivity contribution in [2.24, 2.45) is 0 Å². The third kappa shape index (κ3) is 33.3. The van der Waals surface area contributed by atoms with Crippen LogP contribution in [0.3, 0.4) is 0 Å². The molecule has 0 bridgehead atoms. The molecular formula is C4H6CuF6O2. The maximum atomic E-state index is 10.5. The molecule has 0 atom stereocenters. The molecule has 0 aromatic carbocycles. The molecule has 0 aliphatic rings. The minimum Gasteiger partial charge on any atom is -0.387 e. The molecule has 0 amide bonds. The summed E-state index contributed by atoms with van der Waals surface area (Å²) in [6.45, 7) is -3.46. The second-order valence-corrected chi connectivity index (χ2v) is 1.55. The van der Waals surface area contributed by atoms with E-state index in [-0.39, 0.29) is 17.1 Å². The summed E-state index contributed by atoms with van der Waals surface area (Å²) in [5.41, 5.74) is 0. The van der Waals surface area contributed by atoms with E-state index in [2.05, 4.69) is 0 Å². The Balaban J connectivity index is -0.000000143. The zero-order valence-corrected chi connectivity index (χ0v) is 6.82. The van der Waals surface area contributed by atoms with E-state index in [1.807, 2.05) is 0 Å². The molecule has 1 radical (unpaired) electrons. The molecule has 0 aliphatic heterocycles. The van der Waals surface area contributed by atoms with Crippen molar-refractivity contribution in [2.45, 2.75) is 12.4 Å². The topological polar surface area (TPSA) is 40.5 Å². The first-order valence-electron chi connectivity index (χ1n) is 2.47. The van der Waals surface area contributed by atoms with Crippen LogP contribution < -0.4 is 0 Å². The first-order chi connectivity index (χ1) is 5.12. The molecule has 0 aromatic rings. The Bertz CT molecular complexity index is 96.2. The van der Waals surface area contributed by atoms with E-state index < -0.39 is 25.6 Å². The predicted octanol–water partition coefficient (Wildman–Crippen LogP) is 1.08. The smallest absolute Gasteiger partial charge is 0.387 e. The number of hydrogen-bond donors (Lipinski definition) is 2. The zero-order valence-electron chi connectivity index (χ0n) is 5.88. The van der Waals surface area contributed by atoms with Crippen molar-refractivity contribution in [3.8, 4) is 0 Å². The molecule has 2 nitrogen and oxygen atoms in total. The van der Waals surface area contributed by atoms with E-state index in [1.165, 1.54) is 0 Å². The first kappa shape index (κ1) is 18.7. The maximum Gasteiger partial charge on any atom is 0.411 e. The van der Waals surface area contributed by atoms with Crippen molar-refractivity contribution < 1.29 is 53.6 Å². The van der Waals surface area contributed by atoms with Crippen LogP contribution in [0.15, 0.2) is 0 Å². The third-order valence-corrected chi connectivity index (χ3v) is 0.359. The Morgan fingerprint density at radius 1 is 0.692 bits per heavy atom. The van der Waals surface area contributed by atoms with Gasteiger partial charge in [0.15, 0.2) is 0 Å². The van der Waals surface area contributed by atoms with E-state index in [4.69, 9.17) is 10.2 Å². The van der Waals surface area contributed by atoms with Gasteiger partial charge in [0.25, 0.3) is 0 Å². The number of halogens is 6. The first-order valence-corrected chi connectivity index (χ1v) is 2.47. The normalized spacial score (nSPS) is 11.1. The Morgan fingerprint density at radius 2 is 0.769 bits per heavy atom. The molecule has 9 heteroatoms. The van der Waals surface area contributed by atoms with Crippen LogP contribution in [0.2, 0.25) is 0 Å². The van der Waals surface area contributed by atoms with Gasteiger partial charge in [-0.15, -0.1) is 0 Å². The fraction of sp³-hybridized carbons (Fsp3) is 1.00. The van der Waals surface area contributed by atoms with Crippen LogP contribution >= 0.6 is 0 Å². The largest absolute Gasteiger partial charge is 0.411 e. The van der Waals surface area contributed by atoms with Gasteiger partial charge in [0, 0.05) is 17.1 Å². The molecule has 0 unspecified atom stereocenters. The minimum absolute atomic E-state index is 0. The monoisotopic (exact) mass is 263 g/mol. The van der Waals surface area contributed by atoms with Gasteiger partial charge in [-0.25, -0.2) is 0 Å². The Hall–Kier alpha value is 0.0195. The van der Waals surface area contributed by atoms with E-state index in [0.717, 1.165) is 0 Å². The quantitative estimate of drug-likeness (QED) is 0.507. The van der Waals surface area contributed by atoms with Crippen molar-refractivity contribution in [2.75, 3.05) is 13.2 Å². The molecule has 0 saturated carbocycles. The van der Waals surface area contributed by atoms with Gasteiger partial charge in [-0.3, -0.25) is 0 Å². The molecule has 0 spiro atoms. The van der Waals surface area contributed by atoms with Gasteiger partial charge in [-0.2, -0.15) is 26.3 Å². The van der Waals surface area contributed by atoms with E-state index >= 15 is 0 Å². The van der Waals surface area contributed by atoms with Crippen LogP contribution in [0.4, 0.5) is 26.3 Å². The van der Waals surface area contributed by atoms with Crippen LogP contribution in [0.5, 0.6) is 0 Å². The van der Waals surface area contributed by atoms with Crippen molar-refractivity contribution >= 4 is 0 Å². The third-order valence-electron chi connectivity index (χ3n) is 0.359. The summed E-state index contributed by atoms with van der Waals surface area (Å²) < 4.78 is 63.2. The van der Waals surface area contributed by atoms with Gasteiger partial charge in [0.05, 0.1) is 0 Å². The molecular weight excluding hydrogens is 258 g/mol. The van der Waals surface area contributed by atoms with E-state index in [0.29, 0.717) is 0 Å². The molecule has 87 valence electrons. The second kappa shape index (κ2) is 7.43. The van der Waals surface area contributed by atoms with E-state index in [9.17, 15) is 26.3 Å². The van der Waals surface area contributed by atoms with Gasteiger partial charge in [-0.05, 0) is 0 Å². The number of rotatable bonds is 0. The average molecular weight is 264 g/mol. The summed E-state index contributed by atoms with van der Waals surface area (Å²) in [6, 6.07) is 0. The summed E-state index contributed by atoms with van der Waals surface area (Å²) in [5, 5.41) is 14.6. The van der Waals surface area contributed by atoms with Crippen molar-refractivity contribution in [3.63, 3.8) is 0 Å². The number of hydrogen-bond acceptors (Lipinski definition) is 2. The Kier molecular flexibility index (Phi) is 10.7. The molecule has 0 fully saturated rings. The van der Waals surface area contributed by atoms with Crippen molar-refractivity contribution in [3.05, 3.63) is 0 Å².